The Morgan fingerprint density at radius 1 is 1.09 bits per heavy atom. The lowest BCUT2D eigenvalue weighted by molar-refractivity contribution is -0.126. The van der Waals surface area contributed by atoms with Gasteiger partial charge in [0, 0.05) is 37.6 Å². The number of nitrogens with one attached hydrogen (secondary N) is 1. The van der Waals surface area contributed by atoms with Crippen LogP contribution >= 0.6 is 11.5 Å². The normalized spacial score (nSPS) is 14.5. The SMILES string of the molecule is Cc1ccc(Cc2nsc(N3CCC(CNC(=O)COCc4ccccc4)CC3)n2)cc1. The van der Waals surface area contributed by atoms with Gasteiger partial charge in [-0.3, -0.25) is 4.79 Å². The molecule has 0 saturated carbocycles. The minimum absolute atomic E-state index is 0.0479. The molecular weight excluding hydrogens is 420 g/mol. The van der Waals surface area contributed by atoms with Crippen molar-refractivity contribution in [3.05, 3.63) is 77.1 Å². The highest BCUT2D eigenvalue weighted by Crippen LogP contribution is 2.25. The van der Waals surface area contributed by atoms with Gasteiger partial charge in [0.15, 0.2) is 0 Å². The van der Waals surface area contributed by atoms with Crippen LogP contribution in [0.1, 0.15) is 35.4 Å². The Balaban J connectivity index is 1.15. The van der Waals surface area contributed by atoms with Gasteiger partial charge in [-0.15, -0.1) is 0 Å². The number of ether oxygens (including phenoxy) is 1. The van der Waals surface area contributed by atoms with Crippen molar-refractivity contribution in [1.29, 1.82) is 0 Å². The van der Waals surface area contributed by atoms with Gasteiger partial charge in [0.2, 0.25) is 11.0 Å². The van der Waals surface area contributed by atoms with Crippen molar-refractivity contribution in [1.82, 2.24) is 14.7 Å². The topological polar surface area (TPSA) is 67.4 Å². The molecule has 1 N–H and O–H groups in total. The molecule has 1 aliphatic rings. The number of carbonyl (C=O) groups is 1. The molecule has 0 unspecified atom stereocenters. The highest BCUT2D eigenvalue weighted by atomic mass is 32.1. The van der Waals surface area contributed by atoms with E-state index in [4.69, 9.17) is 9.72 Å². The van der Waals surface area contributed by atoms with Crippen molar-refractivity contribution < 1.29 is 9.53 Å². The second-order valence-electron chi connectivity index (χ2n) is 8.37. The minimum atomic E-state index is -0.0479. The fourth-order valence-corrected chi connectivity index (χ4v) is 4.54. The number of anilines is 1. The third-order valence-corrected chi connectivity index (χ3v) is 6.57. The third kappa shape index (κ3) is 6.61. The third-order valence-electron chi connectivity index (χ3n) is 5.76. The van der Waals surface area contributed by atoms with Gasteiger partial charge in [-0.25, -0.2) is 4.98 Å². The Bertz CT molecular complexity index is 983. The predicted octanol–water partition coefficient (Wildman–Crippen LogP) is 3.99. The molecule has 0 bridgehead atoms. The van der Waals surface area contributed by atoms with Gasteiger partial charge in [0.25, 0.3) is 0 Å². The molecule has 6 nitrogen and oxygen atoms in total. The maximum atomic E-state index is 12.1. The molecule has 1 fully saturated rings. The number of aryl methyl sites for hydroxylation is 1. The number of piperidine rings is 1. The molecule has 1 aromatic heterocycles. The average Bonchev–Trinajstić information content (AvgIpc) is 3.29. The standard InChI is InChI=1S/C25H30N4O2S/c1-19-7-9-20(10-8-19)15-23-27-25(32-28-23)29-13-11-21(12-14-29)16-26-24(30)18-31-17-22-5-3-2-4-6-22/h2-10,21H,11-18H2,1H3,(H,26,30). The van der Waals surface area contributed by atoms with E-state index < -0.39 is 0 Å². The number of hydrogen-bond acceptors (Lipinski definition) is 6. The van der Waals surface area contributed by atoms with Gasteiger partial charge < -0.3 is 15.0 Å². The van der Waals surface area contributed by atoms with E-state index >= 15 is 0 Å². The van der Waals surface area contributed by atoms with Crippen LogP contribution in [-0.2, 0) is 22.6 Å². The highest BCUT2D eigenvalue weighted by molar-refractivity contribution is 7.09. The van der Waals surface area contributed by atoms with Gasteiger partial charge in [-0.05, 0) is 36.8 Å². The summed E-state index contributed by atoms with van der Waals surface area (Å²) in [6.45, 7) is 5.26. The number of benzene rings is 2. The van der Waals surface area contributed by atoms with E-state index in [9.17, 15) is 4.79 Å². The lowest BCUT2D eigenvalue weighted by atomic mass is 9.97. The Labute approximate surface area is 193 Å². The molecule has 1 amide bonds. The molecule has 2 heterocycles. The summed E-state index contributed by atoms with van der Waals surface area (Å²) in [5, 5.41) is 4.02. The molecule has 2 aromatic carbocycles. The molecule has 0 radical (unpaired) electrons. The predicted molar refractivity (Wildman–Crippen MR) is 128 cm³/mol. The lowest BCUT2D eigenvalue weighted by Crippen LogP contribution is -2.39. The monoisotopic (exact) mass is 450 g/mol. The van der Waals surface area contributed by atoms with Crippen LogP contribution in [0.4, 0.5) is 5.13 Å². The van der Waals surface area contributed by atoms with Gasteiger partial charge in [-0.2, -0.15) is 4.37 Å². The summed E-state index contributed by atoms with van der Waals surface area (Å²) < 4.78 is 10.1. The van der Waals surface area contributed by atoms with E-state index in [0.717, 1.165) is 48.9 Å². The number of carbonyl (C=O) groups excluding carboxylic acids is 1. The number of aromatic nitrogens is 2. The molecule has 1 aliphatic heterocycles. The van der Waals surface area contributed by atoms with Crippen molar-refractivity contribution in [3.8, 4) is 0 Å². The van der Waals surface area contributed by atoms with Crippen LogP contribution in [0.5, 0.6) is 0 Å². The molecule has 0 aliphatic carbocycles. The average molecular weight is 451 g/mol. The van der Waals surface area contributed by atoms with Gasteiger partial charge >= 0.3 is 0 Å². The van der Waals surface area contributed by atoms with E-state index in [1.807, 2.05) is 30.3 Å². The zero-order valence-corrected chi connectivity index (χ0v) is 19.3. The minimum Gasteiger partial charge on any atom is -0.367 e. The molecule has 168 valence electrons. The molecule has 1 saturated heterocycles. The summed E-state index contributed by atoms with van der Waals surface area (Å²) in [5.74, 6) is 1.33. The smallest absolute Gasteiger partial charge is 0.246 e. The molecule has 4 rings (SSSR count). The van der Waals surface area contributed by atoms with E-state index in [2.05, 4.69) is 45.8 Å². The molecule has 0 atom stereocenters. The second kappa shape index (κ2) is 11.2. The van der Waals surface area contributed by atoms with E-state index in [0.29, 0.717) is 19.1 Å². The van der Waals surface area contributed by atoms with Crippen molar-refractivity contribution in [2.75, 3.05) is 31.1 Å². The molecule has 32 heavy (non-hydrogen) atoms. The highest BCUT2D eigenvalue weighted by Gasteiger charge is 2.22. The van der Waals surface area contributed by atoms with E-state index in [1.165, 1.54) is 22.7 Å². The van der Waals surface area contributed by atoms with Crippen LogP contribution in [0.2, 0.25) is 0 Å². The number of amides is 1. The number of hydrogen-bond donors (Lipinski definition) is 1. The molecule has 0 spiro atoms. The summed E-state index contributed by atoms with van der Waals surface area (Å²) in [5.41, 5.74) is 3.58. The lowest BCUT2D eigenvalue weighted by Gasteiger charge is -2.31. The van der Waals surface area contributed by atoms with E-state index in [1.54, 1.807) is 0 Å². The summed E-state index contributed by atoms with van der Waals surface area (Å²) in [4.78, 5) is 19.1. The largest absolute Gasteiger partial charge is 0.367 e. The van der Waals surface area contributed by atoms with Crippen LogP contribution in [0.15, 0.2) is 54.6 Å². The Morgan fingerprint density at radius 3 is 2.59 bits per heavy atom. The maximum absolute atomic E-state index is 12.1. The van der Waals surface area contributed by atoms with Crippen molar-refractivity contribution in [3.63, 3.8) is 0 Å². The zero-order valence-electron chi connectivity index (χ0n) is 18.5. The zero-order chi connectivity index (χ0) is 22.2. The fourth-order valence-electron chi connectivity index (χ4n) is 3.81. The van der Waals surface area contributed by atoms with Crippen molar-refractivity contribution in [2.45, 2.75) is 32.8 Å². The van der Waals surface area contributed by atoms with Crippen LogP contribution in [-0.4, -0.2) is 41.5 Å². The maximum Gasteiger partial charge on any atom is 0.246 e. The first-order valence-corrected chi connectivity index (χ1v) is 11.9. The quantitative estimate of drug-likeness (QED) is 0.534. The molecular formula is C25H30N4O2S. The van der Waals surface area contributed by atoms with Gasteiger partial charge in [-0.1, -0.05) is 60.2 Å². The van der Waals surface area contributed by atoms with Gasteiger partial charge in [0.05, 0.1) is 6.61 Å². The van der Waals surface area contributed by atoms with Crippen molar-refractivity contribution >= 4 is 22.6 Å². The Kier molecular flexibility index (Phi) is 7.85. The van der Waals surface area contributed by atoms with Crippen molar-refractivity contribution in [2.24, 2.45) is 5.92 Å². The fraction of sp³-hybridized carbons (Fsp3) is 0.400. The molecule has 7 heteroatoms. The van der Waals surface area contributed by atoms with E-state index in [-0.39, 0.29) is 12.5 Å². The van der Waals surface area contributed by atoms with Crippen LogP contribution in [0.3, 0.4) is 0 Å². The number of rotatable bonds is 9. The van der Waals surface area contributed by atoms with Crippen LogP contribution < -0.4 is 10.2 Å². The number of nitrogens with zero attached hydrogens (tertiary/aromatic N) is 3. The second-order valence-corrected chi connectivity index (χ2v) is 9.10. The first-order chi connectivity index (χ1) is 15.7. The molecule has 3 aromatic rings. The Morgan fingerprint density at radius 2 is 1.84 bits per heavy atom. The summed E-state index contributed by atoms with van der Waals surface area (Å²) in [7, 11) is 0. The van der Waals surface area contributed by atoms with Gasteiger partial charge in [0.1, 0.15) is 12.4 Å². The Hall–Kier alpha value is -2.77. The van der Waals surface area contributed by atoms with Crippen LogP contribution in [0, 0.1) is 12.8 Å². The first-order valence-electron chi connectivity index (χ1n) is 11.2. The first kappa shape index (κ1) is 22.4. The summed E-state index contributed by atoms with van der Waals surface area (Å²) in [6, 6.07) is 18.4. The van der Waals surface area contributed by atoms with Crippen LogP contribution in [0.25, 0.3) is 0 Å². The summed E-state index contributed by atoms with van der Waals surface area (Å²) in [6.07, 6.45) is 2.85. The summed E-state index contributed by atoms with van der Waals surface area (Å²) >= 11 is 1.48.